The lowest BCUT2D eigenvalue weighted by Crippen LogP contribution is -2.15. The second-order valence-corrected chi connectivity index (χ2v) is 9.28. The van der Waals surface area contributed by atoms with Gasteiger partial charge in [0, 0.05) is 16.8 Å². The van der Waals surface area contributed by atoms with Crippen LogP contribution < -0.4 is 5.32 Å². The molecule has 0 aliphatic carbocycles. The fourth-order valence-electron chi connectivity index (χ4n) is 4.49. The molecule has 3 aromatic rings. The summed E-state index contributed by atoms with van der Waals surface area (Å²) in [6.45, 7) is 11.1. The highest BCUT2D eigenvalue weighted by atomic mass is 15.0. The van der Waals surface area contributed by atoms with Crippen molar-refractivity contribution in [2.24, 2.45) is 10.9 Å². The highest BCUT2D eigenvalue weighted by Crippen LogP contribution is 2.36. The summed E-state index contributed by atoms with van der Waals surface area (Å²) in [6, 6.07) is 16.9. The lowest BCUT2D eigenvalue weighted by atomic mass is 9.89. The Morgan fingerprint density at radius 1 is 0.879 bits per heavy atom. The summed E-state index contributed by atoms with van der Waals surface area (Å²) >= 11 is 0. The Hall–Kier alpha value is -2.68. The Kier molecular flexibility index (Phi) is 9.47. The number of fused-ring (bicyclic) bond motifs is 1. The third-order valence-corrected chi connectivity index (χ3v) is 6.48. The number of nitrogens with zero attached hydrogens (tertiary/aromatic N) is 2. The van der Waals surface area contributed by atoms with Gasteiger partial charge in [0.1, 0.15) is 5.69 Å². The molecule has 0 radical (unpaired) electrons. The highest BCUT2D eigenvalue weighted by Gasteiger charge is 2.18. The fourth-order valence-corrected chi connectivity index (χ4v) is 4.49. The van der Waals surface area contributed by atoms with E-state index in [-0.39, 0.29) is 0 Å². The normalized spacial score (nSPS) is 12.0. The molecule has 0 atom stereocenters. The molecule has 0 aliphatic heterocycles. The van der Waals surface area contributed by atoms with Gasteiger partial charge in [-0.15, -0.1) is 0 Å². The molecule has 3 heteroatoms. The van der Waals surface area contributed by atoms with Crippen LogP contribution in [0.3, 0.4) is 0 Å². The molecular formula is C30H41N3. The van der Waals surface area contributed by atoms with Gasteiger partial charge in [0.15, 0.2) is 5.82 Å². The number of aliphatic imine (C=N–C) groups is 1. The number of aromatic nitrogens is 1. The maximum absolute atomic E-state index is 5.41. The van der Waals surface area contributed by atoms with E-state index in [1.807, 2.05) is 0 Å². The molecule has 0 spiro atoms. The Bertz CT molecular complexity index is 1040. The van der Waals surface area contributed by atoms with Gasteiger partial charge < -0.3 is 5.32 Å². The van der Waals surface area contributed by atoms with Gasteiger partial charge in [-0.2, -0.15) is 0 Å². The zero-order chi connectivity index (χ0) is 23.6. The number of benzene rings is 2. The number of nitrogens with one attached hydrogen (secondary N) is 1. The largest absolute Gasteiger partial charge is 0.338 e. The van der Waals surface area contributed by atoms with Crippen molar-refractivity contribution in [2.75, 3.05) is 5.32 Å². The summed E-state index contributed by atoms with van der Waals surface area (Å²) in [4.78, 5) is 10.4. The van der Waals surface area contributed by atoms with Crippen LogP contribution in [-0.4, -0.2) is 10.7 Å². The third-order valence-electron chi connectivity index (χ3n) is 6.48. The fraction of sp³-hybridized carbons (Fsp3) is 0.467. The van der Waals surface area contributed by atoms with E-state index in [0.717, 1.165) is 35.6 Å². The maximum Gasteiger partial charge on any atom is 0.157 e. The van der Waals surface area contributed by atoms with Crippen LogP contribution in [0.2, 0.25) is 0 Å². The predicted octanol–water partition coefficient (Wildman–Crippen LogP) is 9.46. The van der Waals surface area contributed by atoms with Gasteiger partial charge in [0.25, 0.3) is 0 Å². The monoisotopic (exact) mass is 443 g/mol. The zero-order valence-electron chi connectivity index (χ0n) is 21.2. The van der Waals surface area contributed by atoms with Crippen molar-refractivity contribution in [1.82, 2.24) is 4.98 Å². The van der Waals surface area contributed by atoms with Crippen LogP contribution in [0.1, 0.15) is 83.3 Å². The zero-order valence-corrected chi connectivity index (χ0v) is 21.2. The molecule has 0 aliphatic rings. The quantitative estimate of drug-likeness (QED) is 0.283. The van der Waals surface area contributed by atoms with Crippen molar-refractivity contribution in [3.63, 3.8) is 0 Å². The van der Waals surface area contributed by atoms with Gasteiger partial charge in [-0.3, -0.25) is 4.99 Å². The Morgan fingerprint density at radius 3 is 2.18 bits per heavy atom. The first-order chi connectivity index (χ1) is 16.1. The molecule has 1 aromatic heterocycles. The van der Waals surface area contributed by atoms with E-state index < -0.39 is 0 Å². The first-order valence-corrected chi connectivity index (χ1v) is 12.9. The van der Waals surface area contributed by atoms with Gasteiger partial charge >= 0.3 is 0 Å². The van der Waals surface area contributed by atoms with Gasteiger partial charge in [-0.1, -0.05) is 88.8 Å². The summed E-state index contributed by atoms with van der Waals surface area (Å²) in [5.41, 5.74) is 6.86. The number of pyridine rings is 1. The van der Waals surface area contributed by atoms with Crippen molar-refractivity contribution in [3.8, 4) is 0 Å². The van der Waals surface area contributed by atoms with Crippen molar-refractivity contribution in [3.05, 3.63) is 59.7 Å². The van der Waals surface area contributed by atoms with Crippen LogP contribution in [0.15, 0.2) is 53.5 Å². The predicted molar refractivity (Wildman–Crippen MR) is 145 cm³/mol. The first-order valence-electron chi connectivity index (χ1n) is 12.9. The Morgan fingerprint density at radius 2 is 1.55 bits per heavy atom. The van der Waals surface area contributed by atoms with Gasteiger partial charge in [-0.05, 0) is 62.8 Å². The van der Waals surface area contributed by atoms with Crippen molar-refractivity contribution in [2.45, 2.75) is 86.0 Å². The minimum atomic E-state index is 0.558. The molecule has 0 bridgehead atoms. The number of anilines is 2. The van der Waals surface area contributed by atoms with Crippen molar-refractivity contribution in [1.29, 1.82) is 0 Å². The molecule has 0 amide bonds. The molecule has 0 saturated carbocycles. The third kappa shape index (κ3) is 6.66. The molecule has 3 rings (SSSR count). The smallest absolute Gasteiger partial charge is 0.157 e. The van der Waals surface area contributed by atoms with Crippen molar-refractivity contribution < 1.29 is 0 Å². The summed E-state index contributed by atoms with van der Waals surface area (Å²) in [5.74, 6) is 1.41. The number of unbranched alkanes of at least 4 members (excludes halogenated alkanes) is 2. The topological polar surface area (TPSA) is 37.3 Å². The maximum atomic E-state index is 5.41. The molecule has 0 saturated heterocycles. The Labute approximate surface area is 200 Å². The SMILES string of the molecule is CCCCC(CCCC)/C(CCC)=N/c1c(Nc2ccc(C)cc2)nc2ccccc2c1C. The summed E-state index contributed by atoms with van der Waals surface area (Å²) in [5, 5.41) is 4.77. The molecule has 0 unspecified atom stereocenters. The second-order valence-electron chi connectivity index (χ2n) is 9.28. The van der Waals surface area contributed by atoms with E-state index in [1.54, 1.807) is 0 Å². The van der Waals surface area contributed by atoms with E-state index >= 15 is 0 Å². The number of aryl methyl sites for hydroxylation is 2. The van der Waals surface area contributed by atoms with E-state index in [0.29, 0.717) is 5.92 Å². The number of hydrogen-bond donors (Lipinski definition) is 1. The molecule has 0 fully saturated rings. The lowest BCUT2D eigenvalue weighted by Gasteiger charge is -2.21. The molecule has 1 N–H and O–H groups in total. The van der Waals surface area contributed by atoms with Crippen LogP contribution in [0.5, 0.6) is 0 Å². The number of rotatable bonds is 12. The average molecular weight is 444 g/mol. The number of hydrogen-bond acceptors (Lipinski definition) is 3. The molecule has 1 heterocycles. The highest BCUT2D eigenvalue weighted by molar-refractivity contribution is 5.96. The van der Waals surface area contributed by atoms with E-state index in [1.165, 1.54) is 60.7 Å². The van der Waals surface area contributed by atoms with Crippen LogP contribution in [-0.2, 0) is 0 Å². The van der Waals surface area contributed by atoms with Gasteiger partial charge in [0.2, 0.25) is 0 Å². The van der Waals surface area contributed by atoms with E-state index in [4.69, 9.17) is 9.98 Å². The first kappa shape index (κ1) is 25.0. The standard InChI is InChI=1S/C30H41N3/c1-6-9-14-24(15-10-7-2)27(13-8-3)32-29-23(5)26-16-11-12-17-28(26)33-30(29)31-25-20-18-22(4)19-21-25/h11-12,16-21,24H,6-10,13-15H2,1-5H3,(H,31,33)/b32-27+. The molecule has 33 heavy (non-hydrogen) atoms. The van der Waals surface area contributed by atoms with Crippen LogP contribution in [0.25, 0.3) is 10.9 Å². The van der Waals surface area contributed by atoms with E-state index in [2.05, 4.69) is 88.5 Å². The summed E-state index contributed by atoms with van der Waals surface area (Å²) < 4.78 is 0. The van der Waals surface area contributed by atoms with Crippen molar-refractivity contribution >= 4 is 33.8 Å². The summed E-state index contributed by atoms with van der Waals surface area (Å²) in [6.07, 6.45) is 9.63. The molecule has 3 nitrogen and oxygen atoms in total. The second kappa shape index (κ2) is 12.5. The minimum Gasteiger partial charge on any atom is -0.338 e. The lowest BCUT2D eigenvalue weighted by molar-refractivity contribution is 0.515. The van der Waals surface area contributed by atoms with Gasteiger partial charge in [0.05, 0.1) is 5.52 Å². The van der Waals surface area contributed by atoms with Crippen LogP contribution in [0.4, 0.5) is 17.2 Å². The average Bonchev–Trinajstić information content (AvgIpc) is 2.82. The van der Waals surface area contributed by atoms with Crippen LogP contribution >= 0.6 is 0 Å². The Balaban J connectivity index is 2.12. The van der Waals surface area contributed by atoms with Gasteiger partial charge in [-0.25, -0.2) is 4.98 Å². The molecule has 176 valence electrons. The minimum absolute atomic E-state index is 0.558. The molecular weight excluding hydrogens is 402 g/mol. The molecule has 2 aromatic carbocycles. The number of para-hydroxylation sites is 1. The van der Waals surface area contributed by atoms with Crippen LogP contribution in [0, 0.1) is 19.8 Å². The van der Waals surface area contributed by atoms with E-state index in [9.17, 15) is 0 Å². The summed E-state index contributed by atoms with van der Waals surface area (Å²) in [7, 11) is 0.